The monoisotopic (exact) mass is 241 g/mol. The number of nitrogens with zero attached hydrogens (tertiary/aromatic N) is 4. The average Bonchev–Trinajstić information content (AvgIpc) is 2.27. The molecule has 6 heteroatoms. The maximum absolute atomic E-state index is 13.6. The molecule has 1 aromatic rings. The fourth-order valence-electron chi connectivity index (χ4n) is 1.51. The molecule has 0 fully saturated rings. The largest absolute Gasteiger partial charge is 0.368 e. The molecule has 5 nitrogen and oxygen atoms in total. The molecule has 0 atom stereocenters. The van der Waals surface area contributed by atoms with Gasteiger partial charge in [0, 0.05) is 19.6 Å². The van der Waals surface area contributed by atoms with Gasteiger partial charge in [0.15, 0.2) is 11.6 Å². The average molecular weight is 241 g/mol. The normalized spacial score (nSPS) is 10.9. The van der Waals surface area contributed by atoms with Crippen molar-refractivity contribution in [3.8, 4) is 0 Å². The van der Waals surface area contributed by atoms with E-state index in [0.29, 0.717) is 12.4 Å². The summed E-state index contributed by atoms with van der Waals surface area (Å²) < 4.78 is 13.6. The van der Waals surface area contributed by atoms with E-state index in [1.165, 1.54) is 0 Å². The van der Waals surface area contributed by atoms with Crippen molar-refractivity contribution in [3.05, 3.63) is 12.0 Å². The summed E-state index contributed by atoms with van der Waals surface area (Å²) in [4.78, 5) is 11.5. The molecule has 1 heterocycles. The van der Waals surface area contributed by atoms with E-state index in [2.05, 4.69) is 9.97 Å². The van der Waals surface area contributed by atoms with Gasteiger partial charge in [-0.2, -0.15) is 4.98 Å². The van der Waals surface area contributed by atoms with Crippen molar-refractivity contribution in [1.82, 2.24) is 14.9 Å². The second kappa shape index (κ2) is 6.34. The summed E-state index contributed by atoms with van der Waals surface area (Å²) in [6.07, 6.45) is 2.05. The third-order valence-corrected chi connectivity index (χ3v) is 2.35. The first-order chi connectivity index (χ1) is 8.04. The maximum Gasteiger partial charge on any atom is 0.222 e. The van der Waals surface area contributed by atoms with Crippen LogP contribution in [0.2, 0.25) is 0 Å². The van der Waals surface area contributed by atoms with Gasteiger partial charge in [-0.1, -0.05) is 6.92 Å². The van der Waals surface area contributed by atoms with Crippen LogP contribution in [-0.4, -0.2) is 48.6 Å². The molecule has 0 aliphatic rings. The van der Waals surface area contributed by atoms with E-state index >= 15 is 0 Å². The summed E-state index contributed by atoms with van der Waals surface area (Å²) in [5.74, 6) is -0.0278. The van der Waals surface area contributed by atoms with E-state index in [1.807, 2.05) is 30.8 Å². The van der Waals surface area contributed by atoms with E-state index in [1.54, 1.807) is 0 Å². The van der Waals surface area contributed by atoms with Crippen LogP contribution in [0.5, 0.6) is 0 Å². The lowest BCUT2D eigenvalue weighted by molar-refractivity contribution is 0.411. The van der Waals surface area contributed by atoms with Gasteiger partial charge < -0.3 is 15.5 Å². The minimum atomic E-state index is -0.425. The van der Waals surface area contributed by atoms with Gasteiger partial charge in [-0.15, -0.1) is 0 Å². The molecular weight excluding hydrogens is 221 g/mol. The molecule has 96 valence electrons. The van der Waals surface area contributed by atoms with Crippen molar-refractivity contribution >= 4 is 11.8 Å². The molecule has 0 radical (unpaired) electrons. The lowest BCUT2D eigenvalue weighted by atomic mass is 10.3. The number of hydrogen-bond acceptors (Lipinski definition) is 5. The minimum absolute atomic E-state index is 0.104. The first-order valence-corrected chi connectivity index (χ1v) is 5.72. The van der Waals surface area contributed by atoms with Crippen LogP contribution in [0.1, 0.15) is 13.3 Å². The number of nitrogens with two attached hydrogens (primary N) is 1. The van der Waals surface area contributed by atoms with Crippen LogP contribution >= 0.6 is 0 Å². The van der Waals surface area contributed by atoms with Crippen molar-refractivity contribution in [2.75, 3.05) is 44.4 Å². The Hall–Kier alpha value is -1.43. The number of hydrogen-bond donors (Lipinski definition) is 1. The van der Waals surface area contributed by atoms with Crippen LogP contribution in [0.3, 0.4) is 0 Å². The van der Waals surface area contributed by atoms with E-state index < -0.39 is 5.82 Å². The number of nitrogen functional groups attached to an aromatic ring is 1. The van der Waals surface area contributed by atoms with Crippen molar-refractivity contribution < 1.29 is 4.39 Å². The van der Waals surface area contributed by atoms with Crippen LogP contribution in [-0.2, 0) is 0 Å². The van der Waals surface area contributed by atoms with E-state index in [4.69, 9.17) is 5.73 Å². The van der Waals surface area contributed by atoms with Crippen molar-refractivity contribution in [1.29, 1.82) is 0 Å². The van der Waals surface area contributed by atoms with Gasteiger partial charge in [0.05, 0.1) is 6.20 Å². The van der Waals surface area contributed by atoms with E-state index in [0.717, 1.165) is 25.7 Å². The van der Waals surface area contributed by atoms with Gasteiger partial charge >= 0.3 is 0 Å². The second-order valence-electron chi connectivity index (χ2n) is 4.19. The zero-order valence-corrected chi connectivity index (χ0v) is 10.6. The lowest BCUT2D eigenvalue weighted by Crippen LogP contribution is -2.33. The molecule has 0 unspecified atom stereocenters. The first kappa shape index (κ1) is 13.6. The fourth-order valence-corrected chi connectivity index (χ4v) is 1.51. The molecule has 0 amide bonds. The summed E-state index contributed by atoms with van der Waals surface area (Å²) in [5.41, 5.74) is 5.49. The fraction of sp³-hybridized carbons (Fsp3) is 0.636. The molecule has 0 bridgehead atoms. The van der Waals surface area contributed by atoms with Crippen molar-refractivity contribution in [2.24, 2.45) is 0 Å². The summed E-state index contributed by atoms with van der Waals surface area (Å²) in [6, 6.07) is 0. The Kier molecular flexibility index (Phi) is 5.09. The van der Waals surface area contributed by atoms with Crippen LogP contribution in [0, 0.1) is 5.82 Å². The van der Waals surface area contributed by atoms with E-state index in [-0.39, 0.29) is 5.95 Å². The maximum atomic E-state index is 13.6. The van der Waals surface area contributed by atoms with Crippen molar-refractivity contribution in [2.45, 2.75) is 13.3 Å². The van der Waals surface area contributed by atoms with E-state index in [9.17, 15) is 4.39 Å². The van der Waals surface area contributed by atoms with Crippen LogP contribution in [0.15, 0.2) is 6.20 Å². The Bertz CT molecular complexity index is 356. The summed E-state index contributed by atoms with van der Waals surface area (Å²) >= 11 is 0. The van der Waals surface area contributed by atoms with Crippen LogP contribution in [0.25, 0.3) is 0 Å². The zero-order chi connectivity index (χ0) is 12.8. The smallest absolute Gasteiger partial charge is 0.222 e. The third-order valence-electron chi connectivity index (χ3n) is 2.35. The van der Waals surface area contributed by atoms with Gasteiger partial charge in [0.2, 0.25) is 5.95 Å². The van der Waals surface area contributed by atoms with Crippen LogP contribution < -0.4 is 10.6 Å². The Morgan fingerprint density at radius 2 is 2.00 bits per heavy atom. The molecule has 2 N–H and O–H groups in total. The molecule has 17 heavy (non-hydrogen) atoms. The predicted octanol–water partition coefficient (Wildman–Crippen LogP) is 0.976. The highest BCUT2D eigenvalue weighted by atomic mass is 19.1. The number of likely N-dealkylation sites (N-methyl/N-ethyl adjacent to an activating group) is 1. The molecule has 0 aliphatic carbocycles. The standard InChI is InChI=1S/C11H20FN5/c1-4-5-17(7-6-16(2)3)10-9(12)8-14-11(13)15-10/h8H,4-7H2,1-3H3,(H2,13,14,15). The Morgan fingerprint density at radius 3 is 2.59 bits per heavy atom. The number of aromatic nitrogens is 2. The summed E-state index contributed by atoms with van der Waals surface area (Å²) in [6.45, 7) is 4.35. The molecular formula is C11H20FN5. The lowest BCUT2D eigenvalue weighted by Gasteiger charge is -2.25. The highest BCUT2D eigenvalue weighted by molar-refractivity contribution is 5.42. The Labute approximate surface area is 101 Å². The topological polar surface area (TPSA) is 58.3 Å². The molecule has 0 saturated heterocycles. The summed E-state index contributed by atoms with van der Waals surface area (Å²) in [7, 11) is 3.96. The summed E-state index contributed by atoms with van der Waals surface area (Å²) in [5, 5.41) is 0. The van der Waals surface area contributed by atoms with Crippen LogP contribution in [0.4, 0.5) is 16.2 Å². The number of anilines is 2. The Morgan fingerprint density at radius 1 is 1.29 bits per heavy atom. The van der Waals surface area contributed by atoms with Gasteiger partial charge in [0.1, 0.15) is 0 Å². The molecule has 0 saturated carbocycles. The number of halogens is 1. The molecule has 0 spiro atoms. The molecule has 0 aromatic carbocycles. The van der Waals surface area contributed by atoms with Gasteiger partial charge in [-0.05, 0) is 20.5 Å². The van der Waals surface area contributed by atoms with Gasteiger partial charge in [-0.25, -0.2) is 9.37 Å². The second-order valence-corrected chi connectivity index (χ2v) is 4.19. The minimum Gasteiger partial charge on any atom is -0.368 e. The van der Waals surface area contributed by atoms with Crippen molar-refractivity contribution in [3.63, 3.8) is 0 Å². The molecule has 1 aromatic heterocycles. The highest BCUT2D eigenvalue weighted by Gasteiger charge is 2.13. The molecule has 1 rings (SSSR count). The Balaban J connectivity index is 2.84. The third kappa shape index (κ3) is 4.14. The predicted molar refractivity (Wildman–Crippen MR) is 67.5 cm³/mol. The zero-order valence-electron chi connectivity index (χ0n) is 10.6. The van der Waals surface area contributed by atoms with Gasteiger partial charge in [0.25, 0.3) is 0 Å². The number of rotatable bonds is 6. The molecule has 0 aliphatic heterocycles. The first-order valence-electron chi connectivity index (χ1n) is 5.72. The highest BCUT2D eigenvalue weighted by Crippen LogP contribution is 2.16. The quantitative estimate of drug-likeness (QED) is 0.804. The van der Waals surface area contributed by atoms with Gasteiger partial charge in [-0.3, -0.25) is 0 Å². The SMILES string of the molecule is CCCN(CCN(C)C)c1nc(N)ncc1F.